The maximum atomic E-state index is 13.6. The largest absolute Gasteiger partial charge is 0.398 e. The molecule has 6 heteroatoms. The Labute approximate surface area is 184 Å². The van der Waals surface area contributed by atoms with Crippen molar-refractivity contribution in [3.63, 3.8) is 0 Å². The molecule has 5 nitrogen and oxygen atoms in total. The predicted octanol–water partition coefficient (Wildman–Crippen LogP) is 5.20. The molecule has 2 aromatic heterocycles. The second kappa shape index (κ2) is 7.49. The van der Waals surface area contributed by atoms with Crippen molar-refractivity contribution < 1.29 is 0 Å². The molecule has 5 aromatic rings. The lowest BCUT2D eigenvalue weighted by Gasteiger charge is -2.09. The van der Waals surface area contributed by atoms with Crippen molar-refractivity contribution in [2.24, 2.45) is 0 Å². The fraction of sp³-hybridized carbons (Fsp3) is 0.0400. The summed E-state index contributed by atoms with van der Waals surface area (Å²) >= 11 is 4.42. The Morgan fingerprint density at radius 3 is 2.16 bits per heavy atom. The Balaban J connectivity index is 1.86. The number of aromatic amines is 1. The molecule has 3 aromatic carbocycles. The molecule has 0 spiro atoms. The smallest absolute Gasteiger partial charge is 0.282 e. The number of aryl methyl sites for hydroxylation is 1. The lowest BCUT2D eigenvalue weighted by molar-refractivity contribution is 0.896. The average Bonchev–Trinajstić information content (AvgIpc) is 3.17. The van der Waals surface area contributed by atoms with Gasteiger partial charge in [-0.3, -0.25) is 4.79 Å². The fourth-order valence-electron chi connectivity index (χ4n) is 3.90. The summed E-state index contributed by atoms with van der Waals surface area (Å²) in [6, 6.07) is 25.3. The maximum absolute atomic E-state index is 13.6. The van der Waals surface area contributed by atoms with Crippen LogP contribution in [0.1, 0.15) is 5.69 Å². The monoisotopic (exact) mass is 424 g/mol. The van der Waals surface area contributed by atoms with E-state index in [-0.39, 0.29) is 5.56 Å². The van der Waals surface area contributed by atoms with E-state index >= 15 is 0 Å². The number of fused-ring (bicyclic) bond motifs is 1. The minimum Gasteiger partial charge on any atom is -0.398 e. The topological polar surface area (TPSA) is 76.2 Å². The predicted molar refractivity (Wildman–Crippen MR) is 129 cm³/mol. The van der Waals surface area contributed by atoms with Crippen LogP contribution in [0, 0.1) is 6.92 Å². The van der Waals surface area contributed by atoms with Gasteiger partial charge in [0.15, 0.2) is 0 Å². The molecule has 3 N–H and O–H groups in total. The first-order chi connectivity index (χ1) is 15.0. The molecule has 31 heavy (non-hydrogen) atoms. The Morgan fingerprint density at radius 2 is 1.52 bits per heavy atom. The molecule has 0 amide bonds. The van der Waals surface area contributed by atoms with Crippen LogP contribution in [0.25, 0.3) is 39.2 Å². The molecule has 0 aliphatic carbocycles. The lowest BCUT2D eigenvalue weighted by atomic mass is 10.0. The standard InChI is InChI=1S/C25H20N4OS/c1-15-21(18-12-13-19(26)20(31)14-18)25(30)29-24(27-15)22(16-8-4-2-5-9-16)23(28-29)17-10-6-3-7-11-17/h2-14,27,31H,26H2,1H3. The highest BCUT2D eigenvalue weighted by Gasteiger charge is 2.21. The van der Waals surface area contributed by atoms with Gasteiger partial charge in [0.05, 0.1) is 11.1 Å². The van der Waals surface area contributed by atoms with E-state index in [4.69, 9.17) is 10.8 Å². The highest BCUT2D eigenvalue weighted by atomic mass is 32.1. The van der Waals surface area contributed by atoms with E-state index in [0.29, 0.717) is 21.8 Å². The van der Waals surface area contributed by atoms with Crippen LogP contribution in [0.5, 0.6) is 0 Å². The van der Waals surface area contributed by atoms with Crippen LogP contribution in [0.3, 0.4) is 0 Å². The van der Waals surface area contributed by atoms with Gasteiger partial charge in [-0.1, -0.05) is 66.7 Å². The molecule has 0 radical (unpaired) electrons. The molecular weight excluding hydrogens is 404 g/mol. The number of thiol groups is 1. The first-order valence-corrected chi connectivity index (χ1v) is 10.3. The third kappa shape index (κ3) is 3.21. The van der Waals surface area contributed by atoms with Crippen molar-refractivity contribution in [2.45, 2.75) is 11.8 Å². The first-order valence-electron chi connectivity index (χ1n) is 9.90. The quantitative estimate of drug-likeness (QED) is 0.275. The molecule has 2 heterocycles. The third-order valence-corrected chi connectivity index (χ3v) is 5.79. The number of aromatic nitrogens is 3. The van der Waals surface area contributed by atoms with E-state index in [0.717, 1.165) is 33.6 Å². The van der Waals surface area contributed by atoms with Crippen LogP contribution in [-0.4, -0.2) is 14.6 Å². The second-order valence-corrected chi connectivity index (χ2v) is 7.90. The second-order valence-electron chi connectivity index (χ2n) is 7.42. The molecule has 0 saturated heterocycles. The van der Waals surface area contributed by atoms with E-state index in [9.17, 15) is 4.79 Å². The Bertz CT molecular complexity index is 1470. The molecule has 5 rings (SSSR count). The summed E-state index contributed by atoms with van der Waals surface area (Å²) < 4.78 is 1.46. The van der Waals surface area contributed by atoms with Gasteiger partial charge in [-0.15, -0.1) is 12.6 Å². The summed E-state index contributed by atoms with van der Waals surface area (Å²) in [7, 11) is 0. The van der Waals surface area contributed by atoms with Crippen LogP contribution < -0.4 is 11.3 Å². The summed E-state index contributed by atoms with van der Waals surface area (Å²) in [6.07, 6.45) is 0. The van der Waals surface area contributed by atoms with E-state index in [2.05, 4.69) is 17.6 Å². The van der Waals surface area contributed by atoms with Crippen LogP contribution in [0.4, 0.5) is 5.69 Å². The number of benzene rings is 3. The number of nitrogens with one attached hydrogen (secondary N) is 1. The van der Waals surface area contributed by atoms with Gasteiger partial charge < -0.3 is 10.7 Å². The van der Waals surface area contributed by atoms with Crippen molar-refractivity contribution in [1.82, 2.24) is 14.6 Å². The third-order valence-electron chi connectivity index (χ3n) is 5.40. The van der Waals surface area contributed by atoms with Crippen molar-refractivity contribution in [2.75, 3.05) is 5.73 Å². The number of hydrogen-bond donors (Lipinski definition) is 3. The SMILES string of the molecule is Cc1[nH]c2c(-c3ccccc3)c(-c3ccccc3)nn2c(=O)c1-c1ccc(N)c(S)c1. The van der Waals surface area contributed by atoms with Gasteiger partial charge in [-0.2, -0.15) is 9.61 Å². The summed E-state index contributed by atoms with van der Waals surface area (Å²) in [4.78, 5) is 17.7. The zero-order valence-electron chi connectivity index (χ0n) is 16.8. The van der Waals surface area contributed by atoms with E-state index in [1.165, 1.54) is 4.52 Å². The van der Waals surface area contributed by atoms with Crippen LogP contribution in [0.15, 0.2) is 88.6 Å². The van der Waals surface area contributed by atoms with E-state index < -0.39 is 0 Å². The number of nitrogen functional groups attached to an aromatic ring is 1. The van der Waals surface area contributed by atoms with Gasteiger partial charge in [0.1, 0.15) is 11.3 Å². The zero-order chi connectivity index (χ0) is 21.5. The number of nitrogens with zero attached hydrogens (tertiary/aromatic N) is 2. The van der Waals surface area contributed by atoms with Crippen molar-refractivity contribution in [1.29, 1.82) is 0 Å². The van der Waals surface area contributed by atoms with Crippen LogP contribution in [0.2, 0.25) is 0 Å². The average molecular weight is 425 g/mol. The minimum atomic E-state index is -0.192. The molecule has 0 unspecified atom stereocenters. The summed E-state index contributed by atoms with van der Waals surface area (Å²) in [5.41, 5.74) is 12.6. The lowest BCUT2D eigenvalue weighted by Crippen LogP contribution is -2.19. The van der Waals surface area contributed by atoms with Gasteiger partial charge in [0.2, 0.25) is 0 Å². The van der Waals surface area contributed by atoms with Crippen molar-refractivity contribution >= 4 is 24.0 Å². The first kappa shape index (κ1) is 19.2. The zero-order valence-corrected chi connectivity index (χ0v) is 17.7. The molecule has 0 aliphatic rings. The molecule has 0 saturated carbocycles. The highest BCUT2D eigenvalue weighted by molar-refractivity contribution is 7.80. The number of nitrogens with two attached hydrogens (primary N) is 1. The molecule has 0 aliphatic heterocycles. The molecular formula is C25H20N4OS. The van der Waals surface area contributed by atoms with Crippen molar-refractivity contribution in [3.8, 4) is 33.5 Å². The molecule has 0 fully saturated rings. The van der Waals surface area contributed by atoms with Gasteiger partial charge >= 0.3 is 0 Å². The Kier molecular flexibility index (Phi) is 4.64. The Morgan fingerprint density at radius 1 is 0.871 bits per heavy atom. The number of rotatable bonds is 3. The summed E-state index contributed by atoms with van der Waals surface area (Å²) in [5, 5.41) is 4.76. The summed E-state index contributed by atoms with van der Waals surface area (Å²) in [5.74, 6) is 0. The van der Waals surface area contributed by atoms with Crippen LogP contribution in [-0.2, 0) is 0 Å². The van der Waals surface area contributed by atoms with Crippen molar-refractivity contribution in [3.05, 3.63) is 94.9 Å². The van der Waals surface area contributed by atoms with E-state index in [1.54, 1.807) is 6.07 Å². The van der Waals surface area contributed by atoms with Gasteiger partial charge in [0, 0.05) is 21.8 Å². The molecule has 0 bridgehead atoms. The summed E-state index contributed by atoms with van der Waals surface area (Å²) in [6.45, 7) is 1.90. The van der Waals surface area contributed by atoms with Gasteiger partial charge in [0.25, 0.3) is 5.56 Å². The fourth-order valence-corrected chi connectivity index (χ4v) is 4.12. The minimum absolute atomic E-state index is 0.192. The highest BCUT2D eigenvalue weighted by Crippen LogP contribution is 2.35. The normalized spacial score (nSPS) is 11.2. The number of hydrogen-bond acceptors (Lipinski definition) is 4. The van der Waals surface area contributed by atoms with Gasteiger partial charge in [-0.25, -0.2) is 0 Å². The molecule has 0 atom stereocenters. The van der Waals surface area contributed by atoms with E-state index in [1.807, 2.05) is 79.7 Å². The van der Waals surface area contributed by atoms with Crippen LogP contribution >= 0.6 is 12.6 Å². The Hall–Kier alpha value is -3.77. The maximum Gasteiger partial charge on any atom is 0.282 e. The number of anilines is 1. The van der Waals surface area contributed by atoms with Gasteiger partial charge in [-0.05, 0) is 30.2 Å². The molecule has 152 valence electrons. The number of H-pyrrole nitrogens is 1.